The lowest BCUT2D eigenvalue weighted by atomic mass is 10.3. The van der Waals surface area contributed by atoms with Gasteiger partial charge >= 0.3 is 0 Å². The summed E-state index contributed by atoms with van der Waals surface area (Å²) in [6.07, 6.45) is 0. The van der Waals surface area contributed by atoms with Gasteiger partial charge in [-0.1, -0.05) is 25.1 Å². The Balaban J connectivity index is 2.25. The van der Waals surface area contributed by atoms with Gasteiger partial charge in [0.25, 0.3) is 0 Å². The smallest absolute Gasteiger partial charge is 0.211 e. The molecular weight excluding hydrogens is 290 g/mol. The number of sulfonamides is 1. The third-order valence-corrected chi connectivity index (χ3v) is 5.40. The van der Waals surface area contributed by atoms with Gasteiger partial charge in [-0.05, 0) is 18.1 Å². The monoisotopic (exact) mass is 307 g/mol. The molecule has 102 valence electrons. The first-order valence-electron chi connectivity index (χ1n) is 5.74. The second kappa shape index (κ2) is 8.04. The van der Waals surface area contributed by atoms with Gasteiger partial charge in [0, 0.05) is 23.1 Å². The molecule has 0 aliphatic carbocycles. The van der Waals surface area contributed by atoms with Crippen LogP contribution in [0.15, 0.2) is 35.2 Å². The Morgan fingerprint density at radius 2 is 2.00 bits per heavy atom. The Labute approximate surface area is 118 Å². The molecule has 0 saturated carbocycles. The second-order valence-corrected chi connectivity index (χ2v) is 7.43. The molecule has 1 atom stereocenters. The molecule has 1 aromatic carbocycles. The summed E-state index contributed by atoms with van der Waals surface area (Å²) < 4.78 is 25.9. The minimum atomic E-state index is -3.20. The number of rotatable bonds is 8. The van der Waals surface area contributed by atoms with Crippen LogP contribution in [0.1, 0.15) is 6.92 Å². The summed E-state index contributed by atoms with van der Waals surface area (Å²) in [4.78, 5) is 1.14. The fourth-order valence-electron chi connectivity index (χ4n) is 1.36. The molecule has 1 rings (SSSR count). The fourth-order valence-corrected chi connectivity index (χ4v) is 3.92. The van der Waals surface area contributed by atoms with Crippen LogP contribution < -0.4 is 4.72 Å². The third kappa shape index (κ3) is 6.64. The van der Waals surface area contributed by atoms with E-state index in [-0.39, 0.29) is 11.7 Å². The van der Waals surface area contributed by atoms with E-state index in [0.29, 0.717) is 12.4 Å². The molecule has 0 spiro atoms. The fraction of sp³-hybridized carbons (Fsp3) is 0.500. The lowest BCUT2D eigenvalue weighted by Gasteiger charge is -2.09. The van der Waals surface area contributed by atoms with Gasteiger partial charge in [0.2, 0.25) is 10.0 Å². The summed E-state index contributed by atoms with van der Waals surface area (Å²) in [5.74, 6) is 1.15. The highest BCUT2D eigenvalue weighted by Crippen LogP contribution is 2.15. The predicted octanol–water partition coefficient (Wildman–Crippen LogP) is 2.57. The van der Waals surface area contributed by atoms with Crippen LogP contribution >= 0.6 is 23.4 Å². The first-order valence-corrected chi connectivity index (χ1v) is 8.92. The molecule has 0 amide bonds. The molecule has 0 heterocycles. The summed E-state index contributed by atoms with van der Waals surface area (Å²) in [6, 6.07) is 9.91. The van der Waals surface area contributed by atoms with Gasteiger partial charge in [0.05, 0.1) is 5.75 Å². The van der Waals surface area contributed by atoms with Crippen molar-refractivity contribution >= 4 is 33.4 Å². The van der Waals surface area contributed by atoms with Crippen molar-refractivity contribution in [3.8, 4) is 0 Å². The van der Waals surface area contributed by atoms with Gasteiger partial charge in [0.1, 0.15) is 0 Å². The number of benzene rings is 1. The van der Waals surface area contributed by atoms with Crippen LogP contribution in [0.25, 0.3) is 0 Å². The molecule has 0 aliphatic rings. The van der Waals surface area contributed by atoms with Crippen molar-refractivity contribution in [3.05, 3.63) is 30.3 Å². The van der Waals surface area contributed by atoms with E-state index in [0.717, 1.165) is 10.6 Å². The van der Waals surface area contributed by atoms with Crippen LogP contribution in [0.3, 0.4) is 0 Å². The number of nitrogens with one attached hydrogen (secondary N) is 1. The van der Waals surface area contributed by atoms with E-state index in [1.807, 2.05) is 37.3 Å². The first kappa shape index (κ1) is 15.8. The molecule has 0 aromatic heterocycles. The van der Waals surface area contributed by atoms with Crippen molar-refractivity contribution in [2.45, 2.75) is 11.8 Å². The Hall–Kier alpha value is -0.230. The van der Waals surface area contributed by atoms with Crippen LogP contribution in [0.5, 0.6) is 0 Å². The second-order valence-electron chi connectivity index (χ2n) is 4.10. The zero-order valence-electron chi connectivity index (χ0n) is 10.3. The summed E-state index contributed by atoms with van der Waals surface area (Å²) in [5, 5.41) is 0. The van der Waals surface area contributed by atoms with Crippen molar-refractivity contribution in [2.75, 3.05) is 23.9 Å². The van der Waals surface area contributed by atoms with Crippen LogP contribution in [0, 0.1) is 5.92 Å². The molecule has 0 saturated heterocycles. The summed E-state index contributed by atoms with van der Waals surface area (Å²) in [7, 11) is -3.20. The largest absolute Gasteiger partial charge is 0.214 e. The number of hydrogen-bond acceptors (Lipinski definition) is 3. The molecule has 6 heteroatoms. The van der Waals surface area contributed by atoms with E-state index < -0.39 is 10.0 Å². The minimum absolute atomic E-state index is 0.0223. The quantitative estimate of drug-likeness (QED) is 0.456. The van der Waals surface area contributed by atoms with Gasteiger partial charge in [0.15, 0.2) is 0 Å². The van der Waals surface area contributed by atoms with Crippen molar-refractivity contribution < 1.29 is 8.42 Å². The van der Waals surface area contributed by atoms with Crippen molar-refractivity contribution in [2.24, 2.45) is 5.92 Å². The molecule has 1 N–H and O–H groups in total. The van der Waals surface area contributed by atoms with Gasteiger partial charge in [-0.25, -0.2) is 13.1 Å². The van der Waals surface area contributed by atoms with Gasteiger partial charge < -0.3 is 0 Å². The molecule has 0 aliphatic heterocycles. The minimum Gasteiger partial charge on any atom is -0.214 e. The summed E-state index contributed by atoms with van der Waals surface area (Å²) >= 11 is 7.24. The number of thioether (sulfide) groups is 1. The molecule has 0 bridgehead atoms. The standard InChI is InChI=1S/C12H18ClNO2S2/c1-11(9-13)10-18(15,16)14-7-8-17-12-5-3-2-4-6-12/h2-6,11,14H,7-10H2,1H3. The lowest BCUT2D eigenvalue weighted by Crippen LogP contribution is -2.31. The summed E-state index contributed by atoms with van der Waals surface area (Å²) in [5.41, 5.74) is 0. The van der Waals surface area contributed by atoms with Gasteiger partial charge in [-0.3, -0.25) is 0 Å². The molecule has 3 nitrogen and oxygen atoms in total. The van der Waals surface area contributed by atoms with Crippen molar-refractivity contribution in [1.82, 2.24) is 4.72 Å². The summed E-state index contributed by atoms with van der Waals surface area (Å²) in [6.45, 7) is 2.27. The van der Waals surface area contributed by atoms with E-state index >= 15 is 0 Å². The van der Waals surface area contributed by atoms with E-state index in [2.05, 4.69) is 4.72 Å². The zero-order valence-corrected chi connectivity index (χ0v) is 12.7. The molecular formula is C12H18ClNO2S2. The molecule has 0 radical (unpaired) electrons. The highest BCUT2D eigenvalue weighted by atomic mass is 35.5. The molecule has 1 aromatic rings. The molecule has 0 fully saturated rings. The van der Waals surface area contributed by atoms with E-state index in [9.17, 15) is 8.42 Å². The number of hydrogen-bond donors (Lipinski definition) is 1. The Morgan fingerprint density at radius 1 is 1.33 bits per heavy atom. The Morgan fingerprint density at radius 3 is 2.61 bits per heavy atom. The highest BCUT2D eigenvalue weighted by molar-refractivity contribution is 7.99. The lowest BCUT2D eigenvalue weighted by molar-refractivity contribution is 0.571. The number of alkyl halides is 1. The van der Waals surface area contributed by atoms with E-state index in [4.69, 9.17) is 11.6 Å². The van der Waals surface area contributed by atoms with Crippen LogP contribution in [-0.2, 0) is 10.0 Å². The van der Waals surface area contributed by atoms with E-state index in [1.54, 1.807) is 11.8 Å². The Kier molecular flexibility index (Phi) is 7.07. The van der Waals surface area contributed by atoms with E-state index in [1.165, 1.54) is 0 Å². The van der Waals surface area contributed by atoms with Crippen LogP contribution in [0.2, 0.25) is 0 Å². The average Bonchev–Trinajstić information content (AvgIpc) is 2.35. The van der Waals surface area contributed by atoms with Crippen LogP contribution in [0.4, 0.5) is 0 Å². The average molecular weight is 308 g/mol. The maximum absolute atomic E-state index is 11.6. The number of halogens is 1. The highest BCUT2D eigenvalue weighted by Gasteiger charge is 2.14. The Bertz CT molecular complexity index is 437. The topological polar surface area (TPSA) is 46.2 Å². The van der Waals surface area contributed by atoms with Crippen molar-refractivity contribution in [1.29, 1.82) is 0 Å². The van der Waals surface area contributed by atoms with Crippen molar-refractivity contribution in [3.63, 3.8) is 0 Å². The zero-order chi connectivity index (χ0) is 13.4. The normalized spacial score (nSPS) is 13.4. The maximum atomic E-state index is 11.6. The molecule has 18 heavy (non-hydrogen) atoms. The van der Waals surface area contributed by atoms with Gasteiger partial charge in [-0.2, -0.15) is 0 Å². The van der Waals surface area contributed by atoms with Gasteiger partial charge in [-0.15, -0.1) is 23.4 Å². The van der Waals surface area contributed by atoms with Crippen LogP contribution in [-0.4, -0.2) is 32.3 Å². The SMILES string of the molecule is CC(CCl)CS(=O)(=O)NCCSc1ccccc1. The third-order valence-electron chi connectivity index (χ3n) is 2.20. The first-order chi connectivity index (χ1) is 8.53. The molecule has 1 unspecified atom stereocenters. The maximum Gasteiger partial charge on any atom is 0.211 e. The predicted molar refractivity (Wildman–Crippen MR) is 78.8 cm³/mol.